The van der Waals surface area contributed by atoms with Gasteiger partial charge >= 0.3 is 0 Å². The van der Waals surface area contributed by atoms with Crippen LogP contribution in [0.5, 0.6) is 0 Å². The minimum Gasteiger partial charge on any atom is -0.384 e. The first-order valence-corrected chi connectivity index (χ1v) is 5.22. The van der Waals surface area contributed by atoms with Crippen molar-refractivity contribution in [1.29, 1.82) is 0 Å². The van der Waals surface area contributed by atoms with Crippen LogP contribution in [0.1, 0.15) is 24.8 Å². The van der Waals surface area contributed by atoms with Gasteiger partial charge in [0, 0.05) is 25.1 Å². The van der Waals surface area contributed by atoms with Gasteiger partial charge in [-0.15, -0.1) is 0 Å². The Hall–Kier alpha value is -1.52. The van der Waals surface area contributed by atoms with Crippen molar-refractivity contribution in [3.63, 3.8) is 0 Å². The first kappa shape index (κ1) is 10.0. The van der Waals surface area contributed by atoms with E-state index in [0.29, 0.717) is 12.4 Å². The van der Waals surface area contributed by atoms with Gasteiger partial charge in [-0.25, -0.2) is 0 Å². The number of nitrogens with zero attached hydrogens (tertiary/aromatic N) is 2. The van der Waals surface area contributed by atoms with Crippen LogP contribution in [0.15, 0.2) is 6.20 Å². The number of rotatable bonds is 3. The molecular weight excluding hydrogens is 192 g/mol. The topological polar surface area (TPSA) is 72.9 Å². The Balaban J connectivity index is 1.87. The van der Waals surface area contributed by atoms with Gasteiger partial charge in [0.15, 0.2) is 0 Å². The second-order valence-electron chi connectivity index (χ2n) is 4.02. The zero-order valence-corrected chi connectivity index (χ0v) is 8.86. The number of nitrogen functional groups attached to an aromatic ring is 1. The standard InChI is InChI=1S/C10H16N4O/c1-14-9(11)8(6-13-14)5-12-10(15)7-3-2-4-7/h6-7H,2-5,11H2,1H3,(H,12,15). The number of amides is 1. The van der Waals surface area contributed by atoms with Crippen LogP contribution in [0.2, 0.25) is 0 Å². The third-order valence-corrected chi connectivity index (χ3v) is 2.99. The number of aryl methyl sites for hydroxylation is 1. The van der Waals surface area contributed by atoms with E-state index in [4.69, 9.17) is 5.73 Å². The van der Waals surface area contributed by atoms with Gasteiger partial charge in [0.1, 0.15) is 5.82 Å². The molecule has 0 bridgehead atoms. The third-order valence-electron chi connectivity index (χ3n) is 2.99. The molecule has 15 heavy (non-hydrogen) atoms. The molecule has 1 saturated carbocycles. The Morgan fingerprint density at radius 3 is 2.93 bits per heavy atom. The van der Waals surface area contributed by atoms with Gasteiger partial charge in [0.2, 0.25) is 5.91 Å². The summed E-state index contributed by atoms with van der Waals surface area (Å²) >= 11 is 0. The molecule has 0 saturated heterocycles. The Labute approximate surface area is 88.6 Å². The lowest BCUT2D eigenvalue weighted by molar-refractivity contribution is -0.127. The molecule has 3 N–H and O–H groups in total. The van der Waals surface area contributed by atoms with Crippen LogP contribution in [-0.4, -0.2) is 15.7 Å². The predicted molar refractivity (Wildman–Crippen MR) is 56.8 cm³/mol. The van der Waals surface area contributed by atoms with Crippen LogP contribution in [-0.2, 0) is 18.4 Å². The number of anilines is 1. The summed E-state index contributed by atoms with van der Waals surface area (Å²) in [5.74, 6) is 0.983. The largest absolute Gasteiger partial charge is 0.384 e. The van der Waals surface area contributed by atoms with E-state index in [1.165, 1.54) is 6.42 Å². The van der Waals surface area contributed by atoms with E-state index < -0.39 is 0 Å². The number of aromatic nitrogens is 2. The first-order valence-electron chi connectivity index (χ1n) is 5.22. The Morgan fingerprint density at radius 1 is 1.73 bits per heavy atom. The van der Waals surface area contributed by atoms with Crippen molar-refractivity contribution in [2.45, 2.75) is 25.8 Å². The maximum Gasteiger partial charge on any atom is 0.223 e. The molecule has 2 rings (SSSR count). The molecule has 0 radical (unpaired) electrons. The summed E-state index contributed by atoms with van der Waals surface area (Å²) in [7, 11) is 1.78. The number of nitrogens with two attached hydrogens (primary N) is 1. The molecule has 1 amide bonds. The van der Waals surface area contributed by atoms with E-state index in [1.54, 1.807) is 17.9 Å². The Morgan fingerprint density at radius 2 is 2.47 bits per heavy atom. The molecule has 1 aliphatic rings. The average molecular weight is 208 g/mol. The molecule has 0 aliphatic heterocycles. The van der Waals surface area contributed by atoms with E-state index in [2.05, 4.69) is 10.4 Å². The van der Waals surface area contributed by atoms with E-state index in [-0.39, 0.29) is 11.8 Å². The molecular formula is C10H16N4O. The maximum atomic E-state index is 11.5. The fourth-order valence-corrected chi connectivity index (χ4v) is 1.63. The fraction of sp³-hybridized carbons (Fsp3) is 0.600. The van der Waals surface area contributed by atoms with Crippen LogP contribution in [0, 0.1) is 5.92 Å². The number of carbonyl (C=O) groups excluding carboxylic acids is 1. The van der Waals surface area contributed by atoms with Gasteiger partial charge in [0.05, 0.1) is 6.20 Å². The highest BCUT2D eigenvalue weighted by Crippen LogP contribution is 2.26. The molecule has 1 heterocycles. The Kier molecular flexibility index (Phi) is 2.62. The minimum atomic E-state index is 0.143. The van der Waals surface area contributed by atoms with Crippen molar-refractivity contribution in [3.8, 4) is 0 Å². The molecule has 5 heteroatoms. The van der Waals surface area contributed by atoms with Gasteiger partial charge in [-0.1, -0.05) is 6.42 Å². The van der Waals surface area contributed by atoms with E-state index in [9.17, 15) is 4.79 Å². The summed E-state index contributed by atoms with van der Waals surface area (Å²) in [4.78, 5) is 11.5. The smallest absolute Gasteiger partial charge is 0.223 e. The second kappa shape index (κ2) is 3.92. The monoisotopic (exact) mass is 208 g/mol. The van der Waals surface area contributed by atoms with Crippen LogP contribution in [0.25, 0.3) is 0 Å². The lowest BCUT2D eigenvalue weighted by Crippen LogP contribution is -2.34. The van der Waals surface area contributed by atoms with Crippen molar-refractivity contribution >= 4 is 11.7 Å². The number of hydrogen-bond acceptors (Lipinski definition) is 3. The van der Waals surface area contributed by atoms with Crippen molar-refractivity contribution < 1.29 is 4.79 Å². The molecule has 0 atom stereocenters. The van der Waals surface area contributed by atoms with Crippen LogP contribution in [0.4, 0.5) is 5.82 Å². The van der Waals surface area contributed by atoms with Gasteiger partial charge < -0.3 is 11.1 Å². The van der Waals surface area contributed by atoms with Crippen molar-refractivity contribution in [2.75, 3.05) is 5.73 Å². The number of hydrogen-bond donors (Lipinski definition) is 2. The molecule has 82 valence electrons. The molecule has 1 aromatic rings. The molecule has 0 unspecified atom stereocenters. The first-order chi connectivity index (χ1) is 7.18. The summed E-state index contributed by atoms with van der Waals surface area (Å²) in [6.45, 7) is 0.481. The molecule has 5 nitrogen and oxygen atoms in total. The van der Waals surface area contributed by atoms with Crippen LogP contribution < -0.4 is 11.1 Å². The van der Waals surface area contributed by atoms with Crippen LogP contribution in [0.3, 0.4) is 0 Å². The fourth-order valence-electron chi connectivity index (χ4n) is 1.63. The normalized spacial score (nSPS) is 16.1. The van der Waals surface area contributed by atoms with Crippen molar-refractivity contribution in [2.24, 2.45) is 13.0 Å². The second-order valence-corrected chi connectivity index (χ2v) is 4.02. The highest BCUT2D eigenvalue weighted by atomic mass is 16.1. The van der Waals surface area contributed by atoms with Crippen molar-refractivity contribution in [3.05, 3.63) is 11.8 Å². The minimum absolute atomic E-state index is 0.143. The lowest BCUT2D eigenvalue weighted by Gasteiger charge is -2.23. The SMILES string of the molecule is Cn1ncc(CNC(=O)C2CCC2)c1N. The van der Waals surface area contributed by atoms with Gasteiger partial charge in [0.25, 0.3) is 0 Å². The zero-order valence-electron chi connectivity index (χ0n) is 8.86. The maximum absolute atomic E-state index is 11.5. The summed E-state index contributed by atoms with van der Waals surface area (Å²) in [5.41, 5.74) is 6.64. The van der Waals surface area contributed by atoms with Gasteiger partial charge in [-0.2, -0.15) is 5.10 Å². The Bertz CT molecular complexity index is 367. The third kappa shape index (κ3) is 1.95. The summed E-state index contributed by atoms with van der Waals surface area (Å²) < 4.78 is 1.60. The summed E-state index contributed by atoms with van der Waals surface area (Å²) in [5, 5.41) is 6.90. The quantitative estimate of drug-likeness (QED) is 0.756. The molecule has 0 spiro atoms. The predicted octanol–water partition coefficient (Wildman–Crippen LogP) is 0.419. The van der Waals surface area contributed by atoms with E-state index in [0.717, 1.165) is 18.4 Å². The highest BCUT2D eigenvalue weighted by Gasteiger charge is 2.24. The van der Waals surface area contributed by atoms with Crippen molar-refractivity contribution in [1.82, 2.24) is 15.1 Å². The lowest BCUT2D eigenvalue weighted by atomic mass is 9.85. The molecule has 1 fully saturated rings. The summed E-state index contributed by atoms with van der Waals surface area (Å²) in [6.07, 6.45) is 4.91. The molecule has 0 aromatic carbocycles. The highest BCUT2D eigenvalue weighted by molar-refractivity contribution is 5.79. The zero-order chi connectivity index (χ0) is 10.8. The number of carbonyl (C=O) groups is 1. The van der Waals surface area contributed by atoms with E-state index >= 15 is 0 Å². The van der Waals surface area contributed by atoms with Gasteiger partial charge in [-0.3, -0.25) is 9.48 Å². The molecule has 1 aliphatic carbocycles. The number of nitrogens with one attached hydrogen (secondary N) is 1. The van der Waals surface area contributed by atoms with Gasteiger partial charge in [-0.05, 0) is 12.8 Å². The summed E-state index contributed by atoms with van der Waals surface area (Å²) in [6, 6.07) is 0. The van der Waals surface area contributed by atoms with E-state index in [1.807, 2.05) is 0 Å². The average Bonchev–Trinajstić information content (AvgIpc) is 2.42. The molecule has 1 aromatic heterocycles. The van der Waals surface area contributed by atoms with Crippen LogP contribution >= 0.6 is 0 Å².